The highest BCUT2D eigenvalue weighted by atomic mass is 127. The molecule has 0 spiro atoms. The van der Waals surface area contributed by atoms with Gasteiger partial charge in [0.2, 0.25) is 5.90 Å². The number of aliphatic imine (C=N–C) groups is 1. The van der Waals surface area contributed by atoms with Crippen molar-refractivity contribution in [3.8, 4) is 11.5 Å². The minimum Gasteiger partial charge on any atom is -0.493 e. The number of nitrogens with zero attached hydrogens (tertiary/aromatic N) is 1. The lowest BCUT2D eigenvalue weighted by atomic mass is 10.1. The molecule has 0 aromatic heterocycles. The smallest absolute Gasteiger partial charge is 0.363 e. The summed E-state index contributed by atoms with van der Waals surface area (Å²) in [5.41, 5.74) is 1.82. The van der Waals surface area contributed by atoms with Crippen molar-refractivity contribution >= 4 is 63.1 Å². The molecule has 0 aliphatic carbocycles. The summed E-state index contributed by atoms with van der Waals surface area (Å²) in [5.74, 6) is 1.19. The van der Waals surface area contributed by atoms with Gasteiger partial charge in [-0.05, 0) is 99.6 Å². The standard InChI is InChI=1S/C21H19I2NO4/c1-3-4-9-27-19-16(23)10-13(12-18(19)26-2)11-17-21(25)28-20(24-17)14-5-7-15(22)8-6-14/h5-8,10-12H,3-4,9H2,1-2H3/b17-11-. The van der Waals surface area contributed by atoms with E-state index in [-0.39, 0.29) is 5.70 Å². The van der Waals surface area contributed by atoms with E-state index in [0.717, 1.165) is 36.9 Å². The van der Waals surface area contributed by atoms with Crippen LogP contribution < -0.4 is 9.47 Å². The van der Waals surface area contributed by atoms with Gasteiger partial charge in [-0.15, -0.1) is 0 Å². The summed E-state index contributed by atoms with van der Waals surface area (Å²) in [7, 11) is 1.60. The van der Waals surface area contributed by atoms with Crippen LogP contribution >= 0.6 is 45.2 Å². The quantitative estimate of drug-likeness (QED) is 0.184. The maximum atomic E-state index is 12.2. The zero-order valence-electron chi connectivity index (χ0n) is 15.5. The molecule has 7 heteroatoms. The molecule has 0 saturated heterocycles. The second-order valence-corrected chi connectivity index (χ2v) is 8.49. The fourth-order valence-corrected chi connectivity index (χ4v) is 3.71. The van der Waals surface area contributed by atoms with Gasteiger partial charge in [-0.25, -0.2) is 9.79 Å². The molecule has 0 radical (unpaired) electrons. The molecule has 2 aromatic carbocycles. The number of ether oxygens (including phenoxy) is 3. The molecule has 1 aliphatic heterocycles. The molecule has 2 aromatic rings. The van der Waals surface area contributed by atoms with Crippen LogP contribution in [0.2, 0.25) is 0 Å². The van der Waals surface area contributed by atoms with Crippen LogP contribution in [0, 0.1) is 7.14 Å². The Hall–Kier alpha value is -1.62. The van der Waals surface area contributed by atoms with Crippen molar-refractivity contribution in [3.63, 3.8) is 0 Å². The minimum atomic E-state index is -0.467. The van der Waals surface area contributed by atoms with E-state index in [1.165, 1.54) is 0 Å². The van der Waals surface area contributed by atoms with Gasteiger partial charge in [0.25, 0.3) is 0 Å². The summed E-state index contributed by atoms with van der Waals surface area (Å²) in [4.78, 5) is 16.6. The van der Waals surface area contributed by atoms with Crippen LogP contribution in [-0.2, 0) is 9.53 Å². The Morgan fingerprint density at radius 2 is 1.93 bits per heavy atom. The Kier molecular flexibility index (Phi) is 7.33. The second-order valence-electron chi connectivity index (χ2n) is 6.08. The number of halogens is 2. The predicted molar refractivity (Wildman–Crippen MR) is 126 cm³/mol. The predicted octanol–water partition coefficient (Wildman–Crippen LogP) is 5.43. The number of benzene rings is 2. The number of esters is 1. The summed E-state index contributed by atoms with van der Waals surface area (Å²) >= 11 is 4.43. The van der Waals surface area contributed by atoms with Crippen molar-refractivity contribution in [2.24, 2.45) is 4.99 Å². The molecule has 28 heavy (non-hydrogen) atoms. The van der Waals surface area contributed by atoms with Crippen molar-refractivity contribution in [1.82, 2.24) is 0 Å². The monoisotopic (exact) mass is 603 g/mol. The molecule has 0 fully saturated rings. The summed E-state index contributed by atoms with van der Waals surface area (Å²) in [6.45, 7) is 2.76. The average molecular weight is 603 g/mol. The van der Waals surface area contributed by atoms with Crippen LogP contribution in [0.5, 0.6) is 11.5 Å². The second kappa shape index (κ2) is 9.73. The van der Waals surface area contributed by atoms with Gasteiger partial charge >= 0.3 is 5.97 Å². The van der Waals surface area contributed by atoms with Crippen molar-refractivity contribution < 1.29 is 19.0 Å². The third-order valence-corrected chi connectivity index (χ3v) is 5.53. The molecular formula is C21H19I2NO4. The van der Waals surface area contributed by atoms with Crippen molar-refractivity contribution in [2.75, 3.05) is 13.7 Å². The van der Waals surface area contributed by atoms with Crippen molar-refractivity contribution in [2.45, 2.75) is 19.8 Å². The van der Waals surface area contributed by atoms with Crippen LogP contribution in [0.15, 0.2) is 47.1 Å². The lowest BCUT2D eigenvalue weighted by Gasteiger charge is -2.13. The number of rotatable bonds is 7. The van der Waals surface area contributed by atoms with E-state index in [1.807, 2.05) is 36.4 Å². The Labute approximate surface area is 191 Å². The fourth-order valence-electron chi connectivity index (χ4n) is 2.56. The normalized spacial score (nSPS) is 14.8. The molecule has 0 saturated carbocycles. The molecule has 0 bridgehead atoms. The van der Waals surface area contributed by atoms with Gasteiger partial charge in [-0.1, -0.05) is 13.3 Å². The fraction of sp³-hybridized carbons (Fsp3) is 0.238. The van der Waals surface area contributed by atoms with Crippen LogP contribution in [0.25, 0.3) is 6.08 Å². The van der Waals surface area contributed by atoms with Crippen molar-refractivity contribution in [3.05, 3.63) is 60.4 Å². The third kappa shape index (κ3) is 5.05. The summed E-state index contributed by atoms with van der Waals surface area (Å²) in [5, 5.41) is 0. The van der Waals surface area contributed by atoms with Gasteiger partial charge < -0.3 is 14.2 Å². The highest BCUT2D eigenvalue weighted by Crippen LogP contribution is 2.35. The number of unbranched alkanes of at least 4 members (excludes halogenated alkanes) is 1. The van der Waals surface area contributed by atoms with Gasteiger partial charge in [0.15, 0.2) is 17.2 Å². The topological polar surface area (TPSA) is 57.1 Å². The Morgan fingerprint density at radius 1 is 1.18 bits per heavy atom. The van der Waals surface area contributed by atoms with E-state index in [9.17, 15) is 4.79 Å². The summed E-state index contributed by atoms with van der Waals surface area (Å²) < 4.78 is 18.7. The Balaban J connectivity index is 1.88. The first-order chi connectivity index (χ1) is 13.5. The molecule has 0 amide bonds. The maximum Gasteiger partial charge on any atom is 0.363 e. The van der Waals surface area contributed by atoms with E-state index in [4.69, 9.17) is 14.2 Å². The molecule has 1 heterocycles. The van der Waals surface area contributed by atoms with Crippen LogP contribution in [0.3, 0.4) is 0 Å². The first kappa shape index (κ1) is 21.1. The number of cyclic esters (lactones) is 1. The molecular weight excluding hydrogens is 584 g/mol. The molecule has 5 nitrogen and oxygen atoms in total. The largest absolute Gasteiger partial charge is 0.493 e. The number of methoxy groups -OCH3 is 1. The van der Waals surface area contributed by atoms with Gasteiger partial charge in [-0.3, -0.25) is 0 Å². The van der Waals surface area contributed by atoms with E-state index in [1.54, 1.807) is 13.2 Å². The molecule has 1 aliphatic rings. The van der Waals surface area contributed by atoms with Crippen LogP contribution in [-0.4, -0.2) is 25.6 Å². The van der Waals surface area contributed by atoms with Gasteiger partial charge in [0.05, 0.1) is 17.3 Å². The van der Waals surface area contributed by atoms with E-state index in [2.05, 4.69) is 57.1 Å². The van der Waals surface area contributed by atoms with Crippen LogP contribution in [0.4, 0.5) is 0 Å². The zero-order valence-corrected chi connectivity index (χ0v) is 19.8. The molecule has 0 N–H and O–H groups in total. The van der Waals surface area contributed by atoms with E-state index < -0.39 is 5.97 Å². The van der Waals surface area contributed by atoms with E-state index >= 15 is 0 Å². The molecule has 3 rings (SSSR count). The van der Waals surface area contributed by atoms with Crippen LogP contribution in [0.1, 0.15) is 30.9 Å². The lowest BCUT2D eigenvalue weighted by Crippen LogP contribution is -2.05. The lowest BCUT2D eigenvalue weighted by molar-refractivity contribution is -0.129. The molecule has 0 unspecified atom stereocenters. The number of hydrogen-bond acceptors (Lipinski definition) is 5. The van der Waals surface area contributed by atoms with Gasteiger partial charge in [-0.2, -0.15) is 0 Å². The first-order valence-corrected chi connectivity index (χ1v) is 11.0. The Morgan fingerprint density at radius 3 is 2.61 bits per heavy atom. The maximum absolute atomic E-state index is 12.2. The summed E-state index contributed by atoms with van der Waals surface area (Å²) in [6.07, 6.45) is 3.74. The zero-order chi connectivity index (χ0) is 20.1. The van der Waals surface area contributed by atoms with Gasteiger partial charge in [0.1, 0.15) is 0 Å². The SMILES string of the molecule is CCCCOc1c(I)cc(/C=C2\N=C(c3ccc(I)cc3)OC2=O)cc1OC. The highest BCUT2D eigenvalue weighted by Gasteiger charge is 2.24. The third-order valence-electron chi connectivity index (χ3n) is 4.01. The average Bonchev–Trinajstić information content (AvgIpc) is 3.04. The number of carbonyl (C=O) groups excluding carboxylic acids is 1. The minimum absolute atomic E-state index is 0.256. The number of hydrogen-bond donors (Lipinski definition) is 0. The molecule has 0 atom stereocenters. The highest BCUT2D eigenvalue weighted by molar-refractivity contribution is 14.1. The number of carbonyl (C=O) groups is 1. The van der Waals surface area contributed by atoms with Crippen molar-refractivity contribution in [1.29, 1.82) is 0 Å². The molecule has 146 valence electrons. The Bertz CT molecular complexity index is 936. The first-order valence-electron chi connectivity index (χ1n) is 8.80. The van der Waals surface area contributed by atoms with E-state index in [0.29, 0.717) is 18.3 Å². The summed E-state index contributed by atoms with van der Waals surface area (Å²) in [6, 6.07) is 11.4. The van der Waals surface area contributed by atoms with Gasteiger partial charge in [0, 0.05) is 9.13 Å².